The van der Waals surface area contributed by atoms with Gasteiger partial charge in [-0.15, -0.1) is 0 Å². The molecule has 1 aliphatic heterocycles. The number of anilines is 1. The number of nitrogens with zero attached hydrogens (tertiary/aromatic N) is 2. The summed E-state index contributed by atoms with van der Waals surface area (Å²) in [7, 11) is -1.76. The lowest BCUT2D eigenvalue weighted by atomic mass is 10.2. The molecule has 1 saturated heterocycles. The fourth-order valence-electron chi connectivity index (χ4n) is 2.78. The SMILES string of the molecule is CN(NC(=O)/C=C/c1ccc(S(=O)(=O)N2CCOCC2)cc1)c1ccccc1. The van der Waals surface area contributed by atoms with Crippen molar-refractivity contribution in [2.24, 2.45) is 0 Å². The highest BCUT2D eigenvalue weighted by Crippen LogP contribution is 2.18. The van der Waals surface area contributed by atoms with Crippen LogP contribution in [0.25, 0.3) is 6.08 Å². The summed E-state index contributed by atoms with van der Waals surface area (Å²) in [5.74, 6) is -0.281. The number of hydrazine groups is 1. The Morgan fingerprint density at radius 3 is 2.36 bits per heavy atom. The zero-order valence-corrected chi connectivity index (χ0v) is 16.4. The average Bonchev–Trinajstić information content (AvgIpc) is 2.74. The maximum atomic E-state index is 12.6. The summed E-state index contributed by atoms with van der Waals surface area (Å²) < 4.78 is 31.8. The number of hydrogen-bond donors (Lipinski definition) is 1. The van der Waals surface area contributed by atoms with Crippen LogP contribution >= 0.6 is 0 Å². The largest absolute Gasteiger partial charge is 0.379 e. The summed E-state index contributed by atoms with van der Waals surface area (Å²) in [6, 6.07) is 15.9. The fraction of sp³-hybridized carbons (Fsp3) is 0.250. The Kier molecular flexibility index (Phi) is 6.45. The van der Waals surface area contributed by atoms with Crippen LogP contribution in [0.15, 0.2) is 65.6 Å². The zero-order valence-electron chi connectivity index (χ0n) is 15.6. The minimum atomic E-state index is -3.51. The number of ether oxygens (including phenoxy) is 1. The molecule has 8 heteroatoms. The van der Waals surface area contributed by atoms with Crippen LogP contribution in [0.4, 0.5) is 5.69 Å². The topological polar surface area (TPSA) is 79.0 Å². The Morgan fingerprint density at radius 2 is 1.71 bits per heavy atom. The van der Waals surface area contributed by atoms with Gasteiger partial charge in [0, 0.05) is 26.2 Å². The number of nitrogens with one attached hydrogen (secondary N) is 1. The number of hydrogen-bond acceptors (Lipinski definition) is 5. The van der Waals surface area contributed by atoms with Crippen LogP contribution < -0.4 is 10.4 Å². The van der Waals surface area contributed by atoms with E-state index in [-0.39, 0.29) is 10.8 Å². The molecule has 0 bridgehead atoms. The molecule has 2 aromatic carbocycles. The molecule has 1 fully saturated rings. The van der Waals surface area contributed by atoms with E-state index in [9.17, 15) is 13.2 Å². The van der Waals surface area contributed by atoms with E-state index >= 15 is 0 Å². The number of para-hydroxylation sites is 1. The summed E-state index contributed by atoms with van der Waals surface area (Å²) >= 11 is 0. The van der Waals surface area contributed by atoms with E-state index in [2.05, 4.69) is 5.43 Å². The highest BCUT2D eigenvalue weighted by atomic mass is 32.2. The van der Waals surface area contributed by atoms with E-state index in [4.69, 9.17) is 4.74 Å². The molecule has 0 saturated carbocycles. The second-order valence-corrected chi connectivity index (χ2v) is 8.23. The number of rotatable bonds is 6. The van der Waals surface area contributed by atoms with Gasteiger partial charge in [0.2, 0.25) is 10.0 Å². The molecule has 148 valence electrons. The van der Waals surface area contributed by atoms with Crippen LogP contribution in [0.3, 0.4) is 0 Å². The summed E-state index contributed by atoms with van der Waals surface area (Å²) in [6.45, 7) is 1.54. The van der Waals surface area contributed by atoms with Crippen LogP contribution in [0.1, 0.15) is 5.56 Å². The number of sulfonamides is 1. The third-order valence-electron chi connectivity index (χ3n) is 4.34. The van der Waals surface area contributed by atoms with Gasteiger partial charge in [-0.05, 0) is 35.9 Å². The summed E-state index contributed by atoms with van der Waals surface area (Å²) in [5.41, 5.74) is 4.34. The summed E-state index contributed by atoms with van der Waals surface area (Å²) in [4.78, 5) is 12.3. The molecule has 28 heavy (non-hydrogen) atoms. The number of carbonyl (C=O) groups is 1. The van der Waals surface area contributed by atoms with Crippen molar-refractivity contribution < 1.29 is 17.9 Å². The molecule has 1 aliphatic rings. The number of carbonyl (C=O) groups excluding carboxylic acids is 1. The summed E-state index contributed by atoms with van der Waals surface area (Å²) in [6.07, 6.45) is 3.05. The maximum Gasteiger partial charge on any atom is 0.262 e. The minimum Gasteiger partial charge on any atom is -0.379 e. The van der Waals surface area contributed by atoms with Crippen molar-refractivity contribution in [2.45, 2.75) is 4.90 Å². The van der Waals surface area contributed by atoms with Crippen molar-refractivity contribution in [3.05, 3.63) is 66.2 Å². The first-order valence-corrected chi connectivity index (χ1v) is 10.4. The highest BCUT2D eigenvalue weighted by Gasteiger charge is 2.25. The number of morpholine rings is 1. The molecular weight excluding hydrogens is 378 g/mol. The molecule has 7 nitrogen and oxygen atoms in total. The van der Waals surface area contributed by atoms with E-state index in [1.165, 1.54) is 10.4 Å². The Bertz CT molecular complexity index is 922. The Labute approximate surface area is 165 Å². The molecule has 1 N–H and O–H groups in total. The lowest BCUT2D eigenvalue weighted by Crippen LogP contribution is -2.40. The van der Waals surface area contributed by atoms with E-state index in [0.717, 1.165) is 11.3 Å². The summed E-state index contributed by atoms with van der Waals surface area (Å²) in [5, 5.41) is 1.63. The molecule has 1 amide bonds. The van der Waals surface area contributed by atoms with E-state index in [1.54, 1.807) is 42.4 Å². The molecule has 0 atom stereocenters. The maximum absolute atomic E-state index is 12.6. The van der Waals surface area contributed by atoms with Crippen molar-refractivity contribution in [3.63, 3.8) is 0 Å². The van der Waals surface area contributed by atoms with Crippen LogP contribution in [-0.2, 0) is 19.6 Å². The molecule has 3 rings (SSSR count). The van der Waals surface area contributed by atoms with Crippen LogP contribution in [0.5, 0.6) is 0 Å². The molecule has 0 aliphatic carbocycles. The minimum absolute atomic E-state index is 0.236. The monoisotopic (exact) mass is 401 g/mol. The van der Waals surface area contributed by atoms with Gasteiger partial charge >= 0.3 is 0 Å². The highest BCUT2D eigenvalue weighted by molar-refractivity contribution is 7.89. The first-order valence-electron chi connectivity index (χ1n) is 8.92. The normalized spacial score (nSPS) is 15.5. The first kappa shape index (κ1) is 20.1. The first-order chi connectivity index (χ1) is 13.5. The number of amides is 1. The van der Waals surface area contributed by atoms with Crippen LogP contribution in [-0.4, -0.2) is 52.0 Å². The van der Waals surface area contributed by atoms with Gasteiger partial charge in [0.1, 0.15) is 0 Å². The quantitative estimate of drug-likeness (QED) is 0.591. The average molecular weight is 401 g/mol. The molecule has 0 radical (unpaired) electrons. The van der Waals surface area contributed by atoms with E-state index in [1.807, 2.05) is 30.3 Å². The molecule has 1 heterocycles. The lowest BCUT2D eigenvalue weighted by molar-refractivity contribution is -0.116. The predicted molar refractivity (Wildman–Crippen MR) is 108 cm³/mol. The molecule has 2 aromatic rings. The van der Waals surface area contributed by atoms with Crippen molar-refractivity contribution >= 4 is 27.7 Å². The van der Waals surface area contributed by atoms with Crippen LogP contribution in [0.2, 0.25) is 0 Å². The number of benzene rings is 2. The molecule has 0 aromatic heterocycles. The third-order valence-corrected chi connectivity index (χ3v) is 6.25. The smallest absolute Gasteiger partial charge is 0.262 e. The fourth-order valence-corrected chi connectivity index (χ4v) is 4.19. The molecular formula is C20H23N3O4S. The van der Waals surface area contributed by atoms with E-state index < -0.39 is 10.0 Å². The van der Waals surface area contributed by atoms with Gasteiger partial charge in [-0.3, -0.25) is 15.2 Å². The van der Waals surface area contributed by atoms with Gasteiger partial charge in [-0.1, -0.05) is 30.3 Å². The molecule has 0 spiro atoms. The van der Waals surface area contributed by atoms with E-state index in [0.29, 0.717) is 26.3 Å². The lowest BCUT2D eigenvalue weighted by Gasteiger charge is -2.26. The van der Waals surface area contributed by atoms with Crippen molar-refractivity contribution in [3.8, 4) is 0 Å². The van der Waals surface area contributed by atoms with Gasteiger partial charge in [-0.25, -0.2) is 8.42 Å². The van der Waals surface area contributed by atoms with Gasteiger partial charge in [0.15, 0.2) is 0 Å². The standard InChI is InChI=1S/C20H23N3O4S/c1-22(18-5-3-2-4-6-18)21-20(24)12-9-17-7-10-19(11-8-17)28(25,26)23-13-15-27-16-14-23/h2-12H,13-16H2,1H3,(H,21,24)/b12-9+. The Morgan fingerprint density at radius 1 is 1.07 bits per heavy atom. The van der Waals surface area contributed by atoms with Gasteiger partial charge < -0.3 is 4.74 Å². The van der Waals surface area contributed by atoms with Gasteiger partial charge in [0.25, 0.3) is 5.91 Å². The van der Waals surface area contributed by atoms with Gasteiger partial charge in [0.05, 0.1) is 23.8 Å². The zero-order chi connectivity index (χ0) is 20.0. The second kappa shape index (κ2) is 9.01. The van der Waals surface area contributed by atoms with Gasteiger partial charge in [-0.2, -0.15) is 4.31 Å². The van der Waals surface area contributed by atoms with Crippen molar-refractivity contribution in [1.29, 1.82) is 0 Å². The third kappa shape index (κ3) is 4.98. The Balaban J connectivity index is 1.61. The molecule has 0 unspecified atom stereocenters. The Hall–Kier alpha value is -2.68. The van der Waals surface area contributed by atoms with Crippen molar-refractivity contribution in [2.75, 3.05) is 38.4 Å². The van der Waals surface area contributed by atoms with Crippen molar-refractivity contribution in [1.82, 2.24) is 9.73 Å². The predicted octanol–water partition coefficient (Wildman–Crippen LogP) is 1.89. The second-order valence-electron chi connectivity index (χ2n) is 6.29. The van der Waals surface area contributed by atoms with Crippen LogP contribution in [0, 0.1) is 0 Å².